The van der Waals surface area contributed by atoms with Gasteiger partial charge in [0.2, 0.25) is 0 Å². The Bertz CT molecular complexity index is 1200. The molecule has 4 rings (SSSR count). The van der Waals surface area contributed by atoms with Crippen molar-refractivity contribution in [3.05, 3.63) is 77.5 Å². The molecule has 1 aliphatic carbocycles. The molecule has 1 aromatic carbocycles. The van der Waals surface area contributed by atoms with Crippen LogP contribution in [0.2, 0.25) is 0 Å². The van der Waals surface area contributed by atoms with Gasteiger partial charge in [-0.05, 0) is 56.8 Å². The molecule has 0 aliphatic heterocycles. The van der Waals surface area contributed by atoms with Gasteiger partial charge in [-0.1, -0.05) is 48.8 Å². The molecule has 8 nitrogen and oxygen atoms in total. The summed E-state index contributed by atoms with van der Waals surface area (Å²) in [6.07, 6.45) is 14.4. The largest absolute Gasteiger partial charge is 0.360 e. The molecule has 1 fully saturated rings. The van der Waals surface area contributed by atoms with E-state index in [-0.39, 0.29) is 0 Å². The number of allylic oxidation sites excluding steroid dienone is 1. The number of hydrogen-bond acceptors (Lipinski definition) is 5. The maximum absolute atomic E-state index is 4.52. The second kappa shape index (κ2) is 12.8. The van der Waals surface area contributed by atoms with E-state index in [0.29, 0.717) is 6.54 Å². The van der Waals surface area contributed by atoms with Crippen LogP contribution < -0.4 is 10.7 Å². The number of benzene rings is 1. The third-order valence-electron chi connectivity index (χ3n) is 6.41. The lowest BCUT2D eigenvalue weighted by Gasteiger charge is -2.21. The predicted molar refractivity (Wildman–Crippen MR) is 141 cm³/mol. The summed E-state index contributed by atoms with van der Waals surface area (Å²) in [5.41, 5.74) is 9.03. The van der Waals surface area contributed by atoms with Gasteiger partial charge >= 0.3 is 0 Å². The van der Waals surface area contributed by atoms with Crippen molar-refractivity contribution in [3.63, 3.8) is 0 Å². The zero-order valence-electron chi connectivity index (χ0n) is 20.7. The number of aromatic nitrogens is 4. The molecule has 8 heteroatoms. The van der Waals surface area contributed by atoms with Crippen LogP contribution >= 0.6 is 0 Å². The first-order valence-corrected chi connectivity index (χ1v) is 12.5. The van der Waals surface area contributed by atoms with E-state index in [2.05, 4.69) is 53.4 Å². The summed E-state index contributed by atoms with van der Waals surface area (Å²) in [5, 5.41) is 20.3. The Morgan fingerprint density at radius 3 is 2.86 bits per heavy atom. The van der Waals surface area contributed by atoms with Gasteiger partial charge in [-0.2, -0.15) is 10.2 Å². The van der Waals surface area contributed by atoms with Crippen LogP contribution in [0.1, 0.15) is 61.5 Å². The summed E-state index contributed by atoms with van der Waals surface area (Å²) < 4.78 is 0. The molecule has 184 valence electrons. The van der Waals surface area contributed by atoms with Crippen molar-refractivity contribution >= 4 is 16.6 Å². The highest BCUT2D eigenvalue weighted by atomic mass is 15.4. The molecule has 0 bridgehead atoms. The molecule has 0 saturated heterocycles. The van der Waals surface area contributed by atoms with Crippen LogP contribution in [0.3, 0.4) is 0 Å². The minimum absolute atomic E-state index is 0.387. The molecule has 0 radical (unpaired) electrons. The zero-order valence-corrected chi connectivity index (χ0v) is 20.7. The first-order valence-electron chi connectivity index (χ1n) is 12.5. The van der Waals surface area contributed by atoms with E-state index in [4.69, 9.17) is 0 Å². The molecule has 0 spiro atoms. The van der Waals surface area contributed by atoms with Gasteiger partial charge in [0.1, 0.15) is 6.54 Å². The van der Waals surface area contributed by atoms with Gasteiger partial charge in [0.15, 0.2) is 0 Å². The number of hydrogen-bond donors (Lipinski definition) is 4. The van der Waals surface area contributed by atoms with Crippen LogP contribution in [-0.2, 0) is 13.1 Å². The Kier molecular flexibility index (Phi) is 9.00. The molecule has 35 heavy (non-hydrogen) atoms. The highest BCUT2D eigenvalue weighted by molar-refractivity contribution is 5.90. The minimum atomic E-state index is 0.387. The number of aromatic amines is 2. The summed E-state index contributed by atoms with van der Waals surface area (Å²) in [5.74, 6) is 0.817. The van der Waals surface area contributed by atoms with Gasteiger partial charge in [-0.25, -0.2) is 0 Å². The predicted octanol–water partition coefficient (Wildman–Crippen LogP) is 5.91. The maximum Gasteiger partial charge on any atom is 0.103 e. The van der Waals surface area contributed by atoms with Crippen LogP contribution in [0, 0.1) is 12.8 Å². The van der Waals surface area contributed by atoms with Crippen molar-refractivity contribution in [2.24, 2.45) is 16.3 Å². The van der Waals surface area contributed by atoms with Gasteiger partial charge < -0.3 is 10.3 Å². The second-order valence-corrected chi connectivity index (χ2v) is 9.13. The molecule has 0 unspecified atom stereocenters. The van der Waals surface area contributed by atoms with Crippen molar-refractivity contribution in [2.45, 2.75) is 59.0 Å². The van der Waals surface area contributed by atoms with E-state index in [0.717, 1.165) is 58.1 Å². The van der Waals surface area contributed by atoms with E-state index in [1.54, 1.807) is 0 Å². The summed E-state index contributed by atoms with van der Waals surface area (Å²) in [4.78, 5) is 7.90. The SMILES string of the molecule is C/C=C(\NN=NCc1cncc(CNCC2CCCCC2)ccc(C)[nH]1)c1cccc2[nH]ncc12. The average Bonchev–Trinajstić information content (AvgIpc) is 3.38. The number of H-pyrrole nitrogens is 2. The van der Waals surface area contributed by atoms with Crippen molar-refractivity contribution in [1.82, 2.24) is 30.9 Å². The molecular formula is C27H36N8. The molecule has 1 saturated carbocycles. The standard InChI is InChI=1S/C27H36N8/c1-3-26(24-10-7-11-27-25(24)19-30-33-27)34-35-31-18-23-17-29-16-22(13-12-20(2)32-23)15-28-14-21-8-5-4-6-9-21/h3,7,10-13,16-17,19,21,28,32H,4-6,8-9,14-15,18H2,1-2H3,(H,30,33)(H,31,34)/b20-12?,22-13?,23-17?,26-3-,29-16?. The lowest BCUT2D eigenvalue weighted by atomic mass is 9.89. The Morgan fingerprint density at radius 1 is 1.11 bits per heavy atom. The maximum atomic E-state index is 4.52. The van der Waals surface area contributed by atoms with Gasteiger partial charge in [0.25, 0.3) is 0 Å². The molecule has 4 N–H and O–H groups in total. The summed E-state index contributed by atoms with van der Waals surface area (Å²) in [6, 6.07) is 10.2. The Morgan fingerprint density at radius 2 is 2.00 bits per heavy atom. The fraction of sp³-hybridized carbons (Fsp3) is 0.407. The molecule has 2 aromatic heterocycles. The second-order valence-electron chi connectivity index (χ2n) is 9.13. The third-order valence-corrected chi connectivity index (χ3v) is 6.41. The first kappa shape index (κ1) is 24.6. The van der Waals surface area contributed by atoms with E-state index in [9.17, 15) is 0 Å². The molecule has 2 heterocycles. The van der Waals surface area contributed by atoms with Crippen molar-refractivity contribution < 1.29 is 0 Å². The van der Waals surface area contributed by atoms with E-state index in [1.165, 1.54) is 32.1 Å². The molecular weight excluding hydrogens is 436 g/mol. The average molecular weight is 473 g/mol. The minimum Gasteiger partial charge on any atom is -0.360 e. The van der Waals surface area contributed by atoms with Crippen LogP contribution in [-0.4, -0.2) is 26.7 Å². The quantitative estimate of drug-likeness (QED) is 0.229. The van der Waals surface area contributed by atoms with Gasteiger partial charge in [-0.3, -0.25) is 15.5 Å². The first-order chi connectivity index (χ1) is 17.2. The van der Waals surface area contributed by atoms with Crippen LogP contribution in [0.25, 0.3) is 16.6 Å². The number of fused-ring (bicyclic) bond motifs is 1. The van der Waals surface area contributed by atoms with E-state index >= 15 is 0 Å². The normalized spacial score (nSPS) is 15.0. The highest BCUT2D eigenvalue weighted by Gasteiger charge is 2.12. The lowest BCUT2D eigenvalue weighted by Crippen LogP contribution is -2.24. The smallest absolute Gasteiger partial charge is 0.103 e. The topological polar surface area (TPSA) is 106 Å². The monoisotopic (exact) mass is 472 g/mol. The summed E-state index contributed by atoms with van der Waals surface area (Å²) >= 11 is 0. The summed E-state index contributed by atoms with van der Waals surface area (Å²) in [6.45, 7) is 6.31. The van der Waals surface area contributed by atoms with E-state index < -0.39 is 0 Å². The summed E-state index contributed by atoms with van der Waals surface area (Å²) in [7, 11) is 0. The Labute approximate surface area is 207 Å². The number of nitrogens with zero attached hydrogens (tertiary/aromatic N) is 4. The highest BCUT2D eigenvalue weighted by Crippen LogP contribution is 2.23. The van der Waals surface area contributed by atoms with Crippen molar-refractivity contribution in [1.29, 1.82) is 0 Å². The van der Waals surface area contributed by atoms with Crippen LogP contribution in [0.15, 0.2) is 65.3 Å². The number of aryl methyl sites for hydroxylation is 1. The fourth-order valence-electron chi connectivity index (χ4n) is 4.51. The lowest BCUT2D eigenvalue weighted by molar-refractivity contribution is 0.342. The van der Waals surface area contributed by atoms with Crippen LogP contribution in [0.5, 0.6) is 0 Å². The van der Waals surface area contributed by atoms with E-state index in [1.807, 2.05) is 56.7 Å². The Balaban J connectivity index is 1.35. The molecule has 1 aliphatic rings. The number of nitrogens with one attached hydrogen (secondary N) is 4. The van der Waals surface area contributed by atoms with Gasteiger partial charge in [-0.15, -0.1) is 0 Å². The fourth-order valence-corrected chi connectivity index (χ4v) is 4.51. The zero-order chi connectivity index (χ0) is 24.3. The Hall–Kier alpha value is -3.52. The van der Waals surface area contributed by atoms with Crippen molar-refractivity contribution in [2.75, 3.05) is 6.54 Å². The van der Waals surface area contributed by atoms with Crippen LogP contribution in [0.4, 0.5) is 0 Å². The molecule has 3 aromatic rings. The van der Waals surface area contributed by atoms with Gasteiger partial charge in [0.05, 0.1) is 23.1 Å². The number of rotatable bonds is 9. The van der Waals surface area contributed by atoms with Crippen molar-refractivity contribution in [3.8, 4) is 0 Å². The molecule has 0 amide bonds. The third kappa shape index (κ3) is 7.23. The molecule has 0 atom stereocenters. The van der Waals surface area contributed by atoms with Gasteiger partial charge in [0, 0.05) is 35.6 Å².